The summed E-state index contributed by atoms with van der Waals surface area (Å²) in [6, 6.07) is 0.167. The molecule has 0 spiro atoms. The van der Waals surface area contributed by atoms with Crippen molar-refractivity contribution in [3.63, 3.8) is 0 Å². The van der Waals surface area contributed by atoms with Gasteiger partial charge in [0, 0.05) is 25.0 Å². The lowest BCUT2D eigenvalue weighted by Crippen LogP contribution is -2.31. The van der Waals surface area contributed by atoms with Crippen molar-refractivity contribution < 1.29 is 0 Å². The number of anilines is 1. The molecule has 0 atom stereocenters. The molecule has 1 aliphatic heterocycles. The van der Waals surface area contributed by atoms with Gasteiger partial charge in [-0.2, -0.15) is 0 Å². The maximum Gasteiger partial charge on any atom is 0.293 e. The van der Waals surface area contributed by atoms with Gasteiger partial charge in [-0.25, -0.2) is 4.98 Å². The third kappa shape index (κ3) is 3.82. The lowest BCUT2D eigenvalue weighted by atomic mass is 9.94. The van der Waals surface area contributed by atoms with Gasteiger partial charge in [0.15, 0.2) is 5.82 Å². The molecule has 0 amide bonds. The normalized spacial score (nSPS) is 17.6. The number of rotatable bonds is 5. The van der Waals surface area contributed by atoms with E-state index in [4.69, 9.17) is 0 Å². The Kier molecular flexibility index (Phi) is 5.17. The van der Waals surface area contributed by atoms with Gasteiger partial charge in [0.25, 0.3) is 5.56 Å². The van der Waals surface area contributed by atoms with Crippen LogP contribution < -0.4 is 10.9 Å². The number of nitrogens with zero attached hydrogens (tertiary/aromatic N) is 3. The largest absolute Gasteiger partial charge is 0.365 e. The molecule has 1 saturated heterocycles. The zero-order valence-corrected chi connectivity index (χ0v) is 12.8. The average molecular weight is 278 g/mol. The van der Waals surface area contributed by atoms with E-state index in [9.17, 15) is 4.79 Å². The fraction of sp³-hybridized carbons (Fsp3) is 0.733. The van der Waals surface area contributed by atoms with Crippen molar-refractivity contribution in [2.45, 2.75) is 39.2 Å². The van der Waals surface area contributed by atoms with E-state index in [0.29, 0.717) is 5.82 Å². The molecule has 2 rings (SSSR count). The molecule has 0 saturated carbocycles. The number of aromatic nitrogens is 2. The van der Waals surface area contributed by atoms with Crippen LogP contribution in [0.1, 0.15) is 39.2 Å². The van der Waals surface area contributed by atoms with Gasteiger partial charge in [0.1, 0.15) is 0 Å². The van der Waals surface area contributed by atoms with Crippen LogP contribution in [-0.4, -0.2) is 41.1 Å². The predicted molar refractivity (Wildman–Crippen MR) is 82.2 cm³/mol. The van der Waals surface area contributed by atoms with Crippen molar-refractivity contribution in [3.05, 3.63) is 22.7 Å². The molecule has 112 valence electrons. The molecule has 20 heavy (non-hydrogen) atoms. The van der Waals surface area contributed by atoms with E-state index in [1.165, 1.54) is 25.9 Å². The standard InChI is InChI=1S/C15H26N4O/c1-12(2)19-11-8-17-14(15(19)20)16-7-4-13-5-9-18(3)10-6-13/h8,11-13H,4-7,9-10H2,1-3H3,(H,16,17). The quantitative estimate of drug-likeness (QED) is 0.894. The lowest BCUT2D eigenvalue weighted by Gasteiger charge is -2.28. The van der Waals surface area contributed by atoms with Crippen LogP contribution in [-0.2, 0) is 0 Å². The van der Waals surface area contributed by atoms with Gasteiger partial charge in [0.05, 0.1) is 0 Å². The monoisotopic (exact) mass is 278 g/mol. The highest BCUT2D eigenvalue weighted by molar-refractivity contribution is 5.30. The van der Waals surface area contributed by atoms with Crippen molar-refractivity contribution >= 4 is 5.82 Å². The summed E-state index contributed by atoms with van der Waals surface area (Å²) in [5.74, 6) is 1.25. The molecular weight excluding hydrogens is 252 g/mol. The van der Waals surface area contributed by atoms with Crippen LogP contribution >= 0.6 is 0 Å². The van der Waals surface area contributed by atoms with E-state index in [2.05, 4.69) is 22.2 Å². The first-order valence-electron chi connectivity index (χ1n) is 7.57. The summed E-state index contributed by atoms with van der Waals surface area (Å²) in [6.07, 6.45) is 7.08. The Bertz CT molecular complexity index is 475. The van der Waals surface area contributed by atoms with Crippen molar-refractivity contribution in [2.75, 3.05) is 32.0 Å². The molecule has 0 unspecified atom stereocenters. The smallest absolute Gasteiger partial charge is 0.293 e. The number of likely N-dealkylation sites (tertiary alicyclic amines) is 1. The van der Waals surface area contributed by atoms with Crippen LogP contribution in [0.15, 0.2) is 17.2 Å². The van der Waals surface area contributed by atoms with Crippen LogP contribution in [0.3, 0.4) is 0 Å². The predicted octanol–water partition coefficient (Wildman–Crippen LogP) is 1.97. The van der Waals surface area contributed by atoms with E-state index >= 15 is 0 Å². The fourth-order valence-electron chi connectivity index (χ4n) is 2.70. The number of nitrogens with one attached hydrogen (secondary N) is 1. The zero-order chi connectivity index (χ0) is 14.5. The molecule has 1 aromatic rings. The van der Waals surface area contributed by atoms with E-state index in [1.807, 2.05) is 13.8 Å². The number of piperidine rings is 1. The van der Waals surface area contributed by atoms with Gasteiger partial charge >= 0.3 is 0 Å². The maximum atomic E-state index is 12.2. The van der Waals surface area contributed by atoms with Crippen molar-refractivity contribution in [3.8, 4) is 0 Å². The number of hydrogen-bond donors (Lipinski definition) is 1. The average Bonchev–Trinajstić information content (AvgIpc) is 2.42. The van der Waals surface area contributed by atoms with Crippen LogP contribution in [0, 0.1) is 5.92 Å². The second kappa shape index (κ2) is 6.88. The molecule has 5 nitrogen and oxygen atoms in total. The summed E-state index contributed by atoms with van der Waals surface area (Å²) in [6.45, 7) is 7.22. The minimum absolute atomic E-state index is 0.0223. The fourth-order valence-corrected chi connectivity index (χ4v) is 2.70. The molecule has 0 bridgehead atoms. The second-order valence-electron chi connectivity index (χ2n) is 6.04. The minimum Gasteiger partial charge on any atom is -0.365 e. The Hall–Kier alpha value is -1.36. The first kappa shape index (κ1) is 15.0. The van der Waals surface area contributed by atoms with Gasteiger partial charge in [-0.15, -0.1) is 0 Å². The molecule has 0 aromatic carbocycles. The zero-order valence-electron chi connectivity index (χ0n) is 12.8. The molecule has 0 aliphatic carbocycles. The Morgan fingerprint density at radius 2 is 2.10 bits per heavy atom. The highest BCUT2D eigenvalue weighted by atomic mass is 16.1. The second-order valence-corrected chi connectivity index (χ2v) is 6.04. The first-order chi connectivity index (χ1) is 9.58. The van der Waals surface area contributed by atoms with E-state index in [-0.39, 0.29) is 11.6 Å². The number of hydrogen-bond acceptors (Lipinski definition) is 4. The Labute approximate surface area is 121 Å². The van der Waals surface area contributed by atoms with Gasteiger partial charge in [-0.1, -0.05) is 0 Å². The minimum atomic E-state index is -0.0223. The molecule has 2 heterocycles. The van der Waals surface area contributed by atoms with E-state index in [0.717, 1.165) is 18.9 Å². The first-order valence-corrected chi connectivity index (χ1v) is 7.57. The van der Waals surface area contributed by atoms with E-state index in [1.54, 1.807) is 17.0 Å². The maximum absolute atomic E-state index is 12.2. The van der Waals surface area contributed by atoms with Crippen LogP contribution in [0.2, 0.25) is 0 Å². The molecule has 5 heteroatoms. The summed E-state index contributed by atoms with van der Waals surface area (Å²) < 4.78 is 1.71. The molecule has 1 aromatic heterocycles. The summed E-state index contributed by atoms with van der Waals surface area (Å²) in [7, 11) is 2.18. The van der Waals surface area contributed by atoms with Gasteiger partial charge in [-0.05, 0) is 59.2 Å². The van der Waals surface area contributed by atoms with Crippen LogP contribution in [0.25, 0.3) is 0 Å². The Morgan fingerprint density at radius 1 is 1.40 bits per heavy atom. The highest BCUT2D eigenvalue weighted by Gasteiger charge is 2.16. The van der Waals surface area contributed by atoms with Crippen LogP contribution in [0.5, 0.6) is 0 Å². The summed E-state index contributed by atoms with van der Waals surface area (Å²) in [5, 5.41) is 3.21. The molecule has 1 aliphatic rings. The summed E-state index contributed by atoms with van der Waals surface area (Å²) >= 11 is 0. The highest BCUT2D eigenvalue weighted by Crippen LogP contribution is 2.19. The van der Waals surface area contributed by atoms with Gasteiger partial charge in [-0.3, -0.25) is 4.79 Å². The summed E-state index contributed by atoms with van der Waals surface area (Å²) in [5.41, 5.74) is -0.0223. The van der Waals surface area contributed by atoms with Crippen molar-refractivity contribution in [1.29, 1.82) is 0 Å². The Balaban J connectivity index is 1.85. The molecule has 1 N–H and O–H groups in total. The SMILES string of the molecule is CC(C)n1ccnc(NCCC2CCN(C)CC2)c1=O. The Morgan fingerprint density at radius 3 is 2.75 bits per heavy atom. The third-order valence-electron chi connectivity index (χ3n) is 4.11. The van der Waals surface area contributed by atoms with Crippen LogP contribution in [0.4, 0.5) is 5.82 Å². The lowest BCUT2D eigenvalue weighted by molar-refractivity contribution is 0.215. The molecular formula is C15H26N4O. The molecule has 1 fully saturated rings. The topological polar surface area (TPSA) is 50.2 Å². The van der Waals surface area contributed by atoms with Gasteiger partial charge in [0.2, 0.25) is 0 Å². The van der Waals surface area contributed by atoms with Crippen molar-refractivity contribution in [1.82, 2.24) is 14.5 Å². The third-order valence-corrected chi connectivity index (χ3v) is 4.11. The molecule has 0 radical (unpaired) electrons. The summed E-state index contributed by atoms with van der Waals surface area (Å²) in [4.78, 5) is 18.7. The van der Waals surface area contributed by atoms with Gasteiger partial charge < -0.3 is 14.8 Å². The van der Waals surface area contributed by atoms with E-state index < -0.39 is 0 Å². The van der Waals surface area contributed by atoms with Crippen molar-refractivity contribution in [2.24, 2.45) is 5.92 Å².